The maximum Gasteiger partial charge on any atom is 0.190 e. The average molecular weight is 549 g/mol. The predicted octanol–water partition coefficient (Wildman–Crippen LogP) is 10.2. The molecule has 0 radical (unpaired) electrons. The number of fused-ring (bicyclic) bond motifs is 10. The van der Waals surface area contributed by atoms with Crippen LogP contribution in [0, 0.1) is 17.9 Å². The van der Waals surface area contributed by atoms with Gasteiger partial charge in [0.05, 0.1) is 40.1 Å². The van der Waals surface area contributed by atoms with Crippen molar-refractivity contribution in [1.29, 1.82) is 5.26 Å². The van der Waals surface area contributed by atoms with E-state index in [4.69, 9.17) is 11.0 Å². The Morgan fingerprint density at radius 1 is 0.581 bits per heavy atom. The molecule has 5 heteroatoms. The third kappa shape index (κ3) is 3.19. The standard InChI is InChI=1S/C38H20N4O/c1-40-24-18-23(22-39)19-26(20-24)42-34-16-14-25(41-32-11-5-2-8-27(32)28-9-3-6-12-33(28)41)21-31(34)37-35(42)17-15-30-29-10-4-7-13-36(29)43-38(30)37/h2-21H. The van der Waals surface area contributed by atoms with E-state index >= 15 is 0 Å². The van der Waals surface area contributed by atoms with E-state index in [-0.39, 0.29) is 0 Å². The van der Waals surface area contributed by atoms with E-state index in [9.17, 15) is 5.26 Å². The minimum atomic E-state index is 0.427. The molecule has 0 saturated carbocycles. The van der Waals surface area contributed by atoms with Gasteiger partial charge in [-0.1, -0.05) is 54.6 Å². The fraction of sp³-hybridized carbons (Fsp3) is 0. The number of nitrogens with zero attached hydrogens (tertiary/aromatic N) is 4. The maximum absolute atomic E-state index is 9.76. The summed E-state index contributed by atoms with van der Waals surface area (Å²) in [6.45, 7) is 7.66. The first kappa shape index (κ1) is 23.4. The Hall–Kier alpha value is -6.30. The second kappa shape index (κ2) is 8.60. The first-order valence-electron chi connectivity index (χ1n) is 14.0. The molecule has 0 amide bonds. The van der Waals surface area contributed by atoms with Crippen LogP contribution in [0.4, 0.5) is 5.69 Å². The van der Waals surface area contributed by atoms with Crippen molar-refractivity contribution in [2.45, 2.75) is 0 Å². The molecule has 9 rings (SSSR count). The van der Waals surface area contributed by atoms with Gasteiger partial charge < -0.3 is 13.6 Å². The molecule has 5 nitrogen and oxygen atoms in total. The summed E-state index contributed by atoms with van der Waals surface area (Å²) < 4.78 is 11.0. The molecule has 43 heavy (non-hydrogen) atoms. The van der Waals surface area contributed by atoms with Gasteiger partial charge in [-0.2, -0.15) is 5.26 Å². The molecule has 0 atom stereocenters. The highest BCUT2D eigenvalue weighted by Crippen LogP contribution is 2.42. The molecule has 0 bridgehead atoms. The summed E-state index contributed by atoms with van der Waals surface area (Å²) in [4.78, 5) is 3.66. The molecule has 0 unspecified atom stereocenters. The zero-order valence-corrected chi connectivity index (χ0v) is 22.7. The van der Waals surface area contributed by atoms with Crippen molar-refractivity contribution < 1.29 is 4.42 Å². The molecule has 3 heterocycles. The summed E-state index contributed by atoms with van der Waals surface area (Å²) in [6, 6.07) is 43.4. The summed E-state index contributed by atoms with van der Waals surface area (Å²) in [5, 5.41) is 16.3. The summed E-state index contributed by atoms with van der Waals surface area (Å²) in [5.74, 6) is 0. The van der Waals surface area contributed by atoms with Crippen molar-refractivity contribution in [3.8, 4) is 17.4 Å². The fourth-order valence-corrected chi connectivity index (χ4v) is 6.75. The zero-order valence-electron chi connectivity index (χ0n) is 22.7. The minimum Gasteiger partial charge on any atom is -0.455 e. The topological polar surface area (TPSA) is 51.1 Å². The smallest absolute Gasteiger partial charge is 0.190 e. The average Bonchev–Trinajstić information content (AvgIpc) is 3.71. The van der Waals surface area contributed by atoms with Crippen molar-refractivity contribution in [2.75, 3.05) is 0 Å². The number of benzene rings is 6. The largest absolute Gasteiger partial charge is 0.455 e. The molecule has 0 spiro atoms. The van der Waals surface area contributed by atoms with Crippen LogP contribution in [-0.2, 0) is 0 Å². The summed E-state index contributed by atoms with van der Waals surface area (Å²) in [5.41, 5.74) is 8.56. The van der Waals surface area contributed by atoms with Gasteiger partial charge in [-0.15, -0.1) is 0 Å². The van der Waals surface area contributed by atoms with Crippen LogP contribution in [0.15, 0.2) is 126 Å². The number of hydrogen-bond acceptors (Lipinski definition) is 2. The quantitative estimate of drug-likeness (QED) is 0.202. The summed E-state index contributed by atoms with van der Waals surface area (Å²) in [6.07, 6.45) is 0. The summed E-state index contributed by atoms with van der Waals surface area (Å²) >= 11 is 0. The van der Waals surface area contributed by atoms with E-state index in [0.717, 1.165) is 66.2 Å². The van der Waals surface area contributed by atoms with Crippen LogP contribution in [0.3, 0.4) is 0 Å². The number of aromatic nitrogens is 2. The van der Waals surface area contributed by atoms with Crippen molar-refractivity contribution >= 4 is 71.2 Å². The van der Waals surface area contributed by atoms with Gasteiger partial charge in [-0.05, 0) is 66.7 Å². The SMILES string of the molecule is [C-]#[N+]c1cc(C#N)cc(-n2c3ccc(-n4c5ccccc5c5ccccc54)cc3c3c4oc5ccccc5c4ccc32)c1. The van der Waals surface area contributed by atoms with Gasteiger partial charge in [0.2, 0.25) is 0 Å². The summed E-state index contributed by atoms with van der Waals surface area (Å²) in [7, 11) is 0. The van der Waals surface area contributed by atoms with Gasteiger partial charge >= 0.3 is 0 Å². The van der Waals surface area contributed by atoms with Crippen molar-refractivity contribution in [3.63, 3.8) is 0 Å². The van der Waals surface area contributed by atoms with E-state index in [1.54, 1.807) is 6.07 Å². The van der Waals surface area contributed by atoms with Crippen LogP contribution in [0.25, 0.3) is 81.8 Å². The van der Waals surface area contributed by atoms with Gasteiger partial charge in [0.15, 0.2) is 5.69 Å². The molecule has 198 valence electrons. The molecule has 0 aliphatic rings. The van der Waals surface area contributed by atoms with E-state index in [1.807, 2.05) is 30.3 Å². The lowest BCUT2D eigenvalue weighted by Gasteiger charge is -2.11. The van der Waals surface area contributed by atoms with Crippen molar-refractivity contribution in [1.82, 2.24) is 9.13 Å². The van der Waals surface area contributed by atoms with Crippen molar-refractivity contribution in [2.24, 2.45) is 0 Å². The molecule has 0 aliphatic carbocycles. The second-order valence-corrected chi connectivity index (χ2v) is 10.8. The van der Waals surface area contributed by atoms with E-state index < -0.39 is 0 Å². The number of rotatable bonds is 2. The first-order chi connectivity index (χ1) is 21.2. The number of hydrogen-bond donors (Lipinski definition) is 0. The number of furan rings is 1. The van der Waals surface area contributed by atoms with E-state index in [2.05, 4.69) is 105 Å². The Balaban J connectivity index is 1.45. The minimum absolute atomic E-state index is 0.427. The highest BCUT2D eigenvalue weighted by Gasteiger charge is 2.21. The van der Waals surface area contributed by atoms with Gasteiger partial charge in [-0.3, -0.25) is 0 Å². The predicted molar refractivity (Wildman–Crippen MR) is 173 cm³/mol. The molecule has 0 fully saturated rings. The number of para-hydroxylation sites is 3. The lowest BCUT2D eigenvalue weighted by atomic mass is 10.1. The van der Waals surface area contributed by atoms with Crippen LogP contribution in [0.5, 0.6) is 0 Å². The van der Waals surface area contributed by atoms with Crippen LogP contribution in [-0.4, -0.2) is 9.13 Å². The lowest BCUT2D eigenvalue weighted by molar-refractivity contribution is 0.673. The Morgan fingerprint density at radius 3 is 1.98 bits per heavy atom. The third-order valence-electron chi connectivity index (χ3n) is 8.51. The Morgan fingerprint density at radius 2 is 1.23 bits per heavy atom. The van der Waals surface area contributed by atoms with Crippen LogP contribution in [0.1, 0.15) is 5.56 Å². The van der Waals surface area contributed by atoms with E-state index in [0.29, 0.717) is 11.3 Å². The maximum atomic E-state index is 9.76. The Labute approximate surface area is 245 Å². The number of nitriles is 1. The first-order valence-corrected chi connectivity index (χ1v) is 14.0. The van der Waals surface area contributed by atoms with Gasteiger partial charge in [-0.25, -0.2) is 4.85 Å². The van der Waals surface area contributed by atoms with Gasteiger partial charge in [0.25, 0.3) is 0 Å². The zero-order chi connectivity index (χ0) is 28.7. The Kier molecular flexibility index (Phi) is 4.68. The fourth-order valence-electron chi connectivity index (χ4n) is 6.75. The lowest BCUT2D eigenvalue weighted by Crippen LogP contribution is -1.96. The molecule has 9 aromatic rings. The molecular formula is C38H20N4O. The van der Waals surface area contributed by atoms with Gasteiger partial charge in [0, 0.05) is 43.9 Å². The van der Waals surface area contributed by atoms with Crippen molar-refractivity contribution in [3.05, 3.63) is 138 Å². The molecule has 0 N–H and O–H groups in total. The monoisotopic (exact) mass is 548 g/mol. The van der Waals surface area contributed by atoms with Crippen LogP contribution < -0.4 is 0 Å². The molecule has 6 aromatic carbocycles. The third-order valence-corrected chi connectivity index (χ3v) is 8.51. The Bertz CT molecular complexity index is 2620. The highest BCUT2D eigenvalue weighted by molar-refractivity contribution is 6.24. The molecule has 3 aromatic heterocycles. The molecule has 0 saturated heterocycles. The van der Waals surface area contributed by atoms with E-state index in [1.165, 1.54) is 10.8 Å². The second-order valence-electron chi connectivity index (χ2n) is 10.8. The molecular weight excluding hydrogens is 528 g/mol. The van der Waals surface area contributed by atoms with Crippen LogP contribution >= 0.6 is 0 Å². The van der Waals surface area contributed by atoms with Crippen LogP contribution in [0.2, 0.25) is 0 Å². The normalized spacial score (nSPS) is 11.7. The van der Waals surface area contributed by atoms with Gasteiger partial charge in [0.1, 0.15) is 11.2 Å². The highest BCUT2D eigenvalue weighted by atomic mass is 16.3. The molecule has 0 aliphatic heterocycles.